The number of nitrogens with zero attached hydrogens (tertiary/aromatic N) is 4. The van der Waals surface area contributed by atoms with E-state index in [2.05, 4.69) is 16.2 Å². The summed E-state index contributed by atoms with van der Waals surface area (Å²) in [4.78, 5) is 12.5. The van der Waals surface area contributed by atoms with Crippen LogP contribution < -0.4 is 4.74 Å². The van der Waals surface area contributed by atoms with Gasteiger partial charge in [-0.15, -0.1) is 0 Å². The molecule has 0 radical (unpaired) electrons. The molecule has 3 heterocycles. The van der Waals surface area contributed by atoms with Crippen LogP contribution >= 0.6 is 0 Å². The molecule has 1 saturated carbocycles. The quantitative estimate of drug-likeness (QED) is 0.386. The Balaban J connectivity index is 1.42. The zero-order valence-electron chi connectivity index (χ0n) is 22.7. The summed E-state index contributed by atoms with van der Waals surface area (Å²) in [7, 11) is -3.46. The summed E-state index contributed by atoms with van der Waals surface area (Å²) in [6.07, 6.45) is 11.4. The molecule has 8 nitrogen and oxygen atoms in total. The Morgan fingerprint density at radius 3 is 2.60 bits per heavy atom. The van der Waals surface area contributed by atoms with Crippen LogP contribution in [0, 0.1) is 18.2 Å². The van der Waals surface area contributed by atoms with Crippen molar-refractivity contribution in [3.05, 3.63) is 94.7 Å². The van der Waals surface area contributed by atoms with E-state index in [9.17, 15) is 12.8 Å². The topological polar surface area (TPSA) is 86.0 Å². The van der Waals surface area contributed by atoms with E-state index in [0.29, 0.717) is 24.6 Å². The Hall–Kier alpha value is -3.92. The van der Waals surface area contributed by atoms with Crippen molar-refractivity contribution in [2.45, 2.75) is 38.8 Å². The first-order chi connectivity index (χ1) is 19.1. The van der Waals surface area contributed by atoms with Gasteiger partial charge in [0.05, 0.1) is 24.3 Å². The number of halogens is 1. The molecular weight excluding hydrogens is 531 g/mol. The molecule has 1 unspecified atom stereocenters. The number of aromatic nitrogens is 2. The van der Waals surface area contributed by atoms with Gasteiger partial charge in [-0.2, -0.15) is 0 Å². The molecule has 1 aromatic heterocycles. The van der Waals surface area contributed by atoms with Crippen LogP contribution in [0.5, 0.6) is 5.75 Å². The van der Waals surface area contributed by atoms with Gasteiger partial charge in [0.15, 0.2) is 15.7 Å². The Labute approximate surface area is 233 Å². The fourth-order valence-corrected chi connectivity index (χ4v) is 5.92. The van der Waals surface area contributed by atoms with Gasteiger partial charge in [0.1, 0.15) is 11.6 Å². The van der Waals surface area contributed by atoms with E-state index < -0.39 is 15.6 Å². The fourth-order valence-electron chi connectivity index (χ4n) is 5.48. The Kier molecular flexibility index (Phi) is 6.33. The second-order valence-corrected chi connectivity index (χ2v) is 12.8. The van der Waals surface area contributed by atoms with E-state index in [0.717, 1.165) is 59.2 Å². The van der Waals surface area contributed by atoms with E-state index in [1.807, 2.05) is 47.7 Å². The summed E-state index contributed by atoms with van der Waals surface area (Å²) in [5, 5.41) is 5.64. The van der Waals surface area contributed by atoms with Gasteiger partial charge in [-0.3, -0.25) is 0 Å². The minimum atomic E-state index is -3.46. The van der Waals surface area contributed by atoms with Crippen molar-refractivity contribution in [2.24, 2.45) is 10.6 Å². The van der Waals surface area contributed by atoms with Crippen LogP contribution in [0.4, 0.5) is 4.39 Å². The highest BCUT2D eigenvalue weighted by molar-refractivity contribution is 7.93. The van der Waals surface area contributed by atoms with E-state index in [-0.39, 0.29) is 11.2 Å². The average molecular weight is 563 g/mol. The van der Waals surface area contributed by atoms with Crippen LogP contribution in [-0.4, -0.2) is 48.1 Å². The molecule has 40 heavy (non-hydrogen) atoms. The normalized spacial score (nSPS) is 22.4. The summed E-state index contributed by atoms with van der Waals surface area (Å²) in [5.74, 6) is 0.999. The number of benzene rings is 2. The molecule has 2 aliphatic heterocycles. The molecule has 208 valence electrons. The molecule has 1 aliphatic carbocycles. The van der Waals surface area contributed by atoms with Gasteiger partial charge in [0.25, 0.3) is 5.72 Å². The lowest BCUT2D eigenvalue weighted by Gasteiger charge is -2.41. The molecule has 0 bridgehead atoms. The number of aryl methyl sites for hydroxylation is 1. The van der Waals surface area contributed by atoms with Crippen molar-refractivity contribution >= 4 is 21.7 Å². The van der Waals surface area contributed by atoms with Crippen LogP contribution in [0.15, 0.2) is 77.2 Å². The Bertz CT molecular complexity index is 1650. The van der Waals surface area contributed by atoms with E-state index in [1.165, 1.54) is 18.2 Å². The number of hydrogen-bond donors (Lipinski definition) is 0. The van der Waals surface area contributed by atoms with Crippen LogP contribution in [0.1, 0.15) is 43.0 Å². The molecule has 1 atom stereocenters. The monoisotopic (exact) mass is 562 g/mol. The number of hydrogen-bond acceptors (Lipinski definition) is 7. The average Bonchev–Trinajstić information content (AvgIpc) is 3.32. The lowest BCUT2D eigenvalue weighted by molar-refractivity contribution is -0.0716. The maximum atomic E-state index is 13.8. The Morgan fingerprint density at radius 1 is 1.18 bits per heavy atom. The first kappa shape index (κ1) is 26.3. The summed E-state index contributed by atoms with van der Waals surface area (Å²) in [5.41, 5.74) is 3.10. The van der Waals surface area contributed by atoms with E-state index >= 15 is 0 Å². The molecule has 3 aromatic rings. The summed E-state index contributed by atoms with van der Waals surface area (Å²) < 4.78 is 46.1. The number of imidazole rings is 1. The van der Waals surface area contributed by atoms with Gasteiger partial charge < -0.3 is 19.0 Å². The summed E-state index contributed by atoms with van der Waals surface area (Å²) in [6.45, 7) is 5.07. The van der Waals surface area contributed by atoms with Gasteiger partial charge in [0.2, 0.25) is 0 Å². The highest BCUT2D eigenvalue weighted by Gasteiger charge is 2.57. The fraction of sp³-hybridized carbons (Fsp3) is 0.333. The third kappa shape index (κ3) is 4.92. The van der Waals surface area contributed by atoms with Gasteiger partial charge in [-0.25, -0.2) is 17.8 Å². The molecule has 1 saturated heterocycles. The standard InChI is InChI=1S/C30H31FN4O4S/c1-4-38-27-16-22(5-10-26(27)34-18-21(2)32-20-34)15-23-17-29(11-12-29)19-35-28(23)33-39-30(35,13-14-40(3,36)37)24-6-8-25(31)9-7-24/h5-10,13-16,18,20H,4,11-12,17,19H2,1-3H3/b14-13+,23-15+. The summed E-state index contributed by atoms with van der Waals surface area (Å²) >= 11 is 0. The summed E-state index contributed by atoms with van der Waals surface area (Å²) in [6, 6.07) is 12.0. The van der Waals surface area contributed by atoms with Crippen molar-refractivity contribution in [2.75, 3.05) is 19.4 Å². The second kappa shape index (κ2) is 9.62. The predicted molar refractivity (Wildman–Crippen MR) is 151 cm³/mol. The number of fused-ring (bicyclic) bond motifs is 1. The van der Waals surface area contributed by atoms with Gasteiger partial charge in [-0.05, 0) is 98.2 Å². The lowest BCUT2D eigenvalue weighted by Crippen LogP contribution is -2.51. The van der Waals surface area contributed by atoms with Crippen molar-refractivity contribution in [3.8, 4) is 11.4 Å². The van der Waals surface area contributed by atoms with Crippen molar-refractivity contribution in [1.82, 2.24) is 14.5 Å². The van der Waals surface area contributed by atoms with Gasteiger partial charge >= 0.3 is 0 Å². The third-order valence-electron chi connectivity index (χ3n) is 7.64. The molecular formula is C30H31FN4O4S. The minimum Gasteiger partial charge on any atom is -0.492 e. The maximum Gasteiger partial charge on any atom is 0.257 e. The molecule has 3 aliphatic rings. The van der Waals surface area contributed by atoms with E-state index in [1.54, 1.807) is 18.5 Å². The minimum absolute atomic E-state index is 0.0415. The van der Waals surface area contributed by atoms with Crippen molar-refractivity contribution < 1.29 is 22.4 Å². The van der Waals surface area contributed by atoms with Crippen molar-refractivity contribution in [1.29, 1.82) is 0 Å². The SMILES string of the molecule is CCOc1cc(/C=C2\CC3(CC3)CN3C2=NOC3(/C=C/S(C)(=O)=O)c2ccc(F)cc2)ccc1-n1cnc(C)c1. The number of ether oxygens (including phenoxy) is 1. The first-order valence-corrected chi connectivity index (χ1v) is 15.2. The lowest BCUT2D eigenvalue weighted by atomic mass is 9.86. The molecule has 2 aromatic carbocycles. The smallest absolute Gasteiger partial charge is 0.257 e. The third-order valence-corrected chi connectivity index (χ3v) is 8.28. The van der Waals surface area contributed by atoms with Crippen LogP contribution in [0.25, 0.3) is 11.8 Å². The van der Waals surface area contributed by atoms with Crippen molar-refractivity contribution in [3.63, 3.8) is 0 Å². The number of rotatable bonds is 7. The second-order valence-electron chi connectivity index (χ2n) is 10.9. The van der Waals surface area contributed by atoms with Gasteiger partial charge in [-0.1, -0.05) is 11.2 Å². The number of oxime groups is 1. The van der Waals surface area contributed by atoms with Crippen LogP contribution in [0.3, 0.4) is 0 Å². The number of piperidine rings is 1. The molecule has 0 N–H and O–H groups in total. The highest BCUT2D eigenvalue weighted by Crippen LogP contribution is 2.57. The number of amidine groups is 1. The maximum absolute atomic E-state index is 13.8. The molecule has 10 heteroatoms. The van der Waals surface area contributed by atoms with E-state index in [4.69, 9.17) is 9.57 Å². The zero-order valence-corrected chi connectivity index (χ0v) is 23.5. The predicted octanol–water partition coefficient (Wildman–Crippen LogP) is 5.34. The molecule has 6 rings (SSSR count). The molecule has 1 spiro atoms. The van der Waals surface area contributed by atoms with Crippen LogP contribution in [-0.2, 0) is 20.4 Å². The zero-order chi connectivity index (χ0) is 28.1. The number of sulfone groups is 1. The first-order valence-electron chi connectivity index (χ1n) is 13.3. The van der Waals surface area contributed by atoms with Gasteiger partial charge in [0, 0.05) is 30.0 Å². The molecule has 0 amide bonds. The highest BCUT2D eigenvalue weighted by atomic mass is 32.2. The molecule has 2 fully saturated rings. The Morgan fingerprint density at radius 2 is 1.95 bits per heavy atom. The largest absolute Gasteiger partial charge is 0.492 e. The van der Waals surface area contributed by atoms with Crippen LogP contribution in [0.2, 0.25) is 0 Å².